The number of anilines is 1. The molecule has 2 aromatic rings. The predicted molar refractivity (Wildman–Crippen MR) is 122 cm³/mol. The van der Waals surface area contributed by atoms with Crippen molar-refractivity contribution in [2.75, 3.05) is 31.7 Å². The molecule has 0 fully saturated rings. The molecule has 2 N–H and O–H groups in total. The summed E-state index contributed by atoms with van der Waals surface area (Å²) in [6.45, 7) is 6.14. The van der Waals surface area contributed by atoms with Crippen molar-refractivity contribution < 1.29 is 19.0 Å². The van der Waals surface area contributed by atoms with Crippen molar-refractivity contribution in [3.8, 4) is 11.5 Å². The van der Waals surface area contributed by atoms with Crippen LogP contribution in [0.15, 0.2) is 46.9 Å². The topological polar surface area (TPSA) is 68.8 Å². The maximum absolute atomic E-state index is 12.5. The quantitative estimate of drug-likeness (QED) is 0.376. The van der Waals surface area contributed by atoms with E-state index in [1.165, 1.54) is 0 Å². The average molecular weight is 481 g/mol. The molecule has 0 aliphatic rings. The van der Waals surface area contributed by atoms with Gasteiger partial charge in [0.25, 0.3) is 5.91 Å². The second-order valence-corrected chi connectivity index (χ2v) is 7.21. The Morgan fingerprint density at radius 2 is 1.79 bits per heavy atom. The standard InChI is InChI=1S/C21H25BrN2O4S/c1-3-11-27-18-10-9-15(14-16(18)22)20(25)24-21(29)23-17-7-5-6-8-19(17)28-13-12-26-4-2/h5-10,14H,3-4,11-13H2,1-2H3,(H2,23,24,25,29). The lowest BCUT2D eigenvalue weighted by Crippen LogP contribution is -2.34. The highest BCUT2D eigenvalue weighted by atomic mass is 79.9. The summed E-state index contributed by atoms with van der Waals surface area (Å²) in [5.41, 5.74) is 1.13. The number of carbonyl (C=O) groups excluding carboxylic acids is 1. The fourth-order valence-electron chi connectivity index (χ4n) is 2.35. The number of hydrogen-bond acceptors (Lipinski definition) is 5. The molecule has 1 amide bonds. The van der Waals surface area contributed by atoms with Crippen molar-refractivity contribution in [3.05, 3.63) is 52.5 Å². The Bertz CT molecular complexity index is 832. The number of hydrogen-bond donors (Lipinski definition) is 2. The number of thiocarbonyl (C=S) groups is 1. The first kappa shape index (κ1) is 23.1. The van der Waals surface area contributed by atoms with Gasteiger partial charge in [0.1, 0.15) is 18.1 Å². The molecule has 0 aliphatic carbocycles. The monoisotopic (exact) mass is 480 g/mol. The molecule has 0 spiro atoms. The van der Waals surface area contributed by atoms with E-state index in [4.69, 9.17) is 26.4 Å². The average Bonchev–Trinajstić information content (AvgIpc) is 2.71. The number of para-hydroxylation sites is 2. The van der Waals surface area contributed by atoms with Crippen LogP contribution in [0.2, 0.25) is 0 Å². The lowest BCUT2D eigenvalue weighted by Gasteiger charge is -2.14. The maximum atomic E-state index is 12.5. The zero-order valence-corrected chi connectivity index (χ0v) is 18.9. The molecule has 156 valence electrons. The number of benzene rings is 2. The van der Waals surface area contributed by atoms with Crippen LogP contribution in [0.25, 0.3) is 0 Å². The zero-order chi connectivity index (χ0) is 21.1. The number of amides is 1. The molecule has 8 heteroatoms. The van der Waals surface area contributed by atoms with Crippen LogP contribution in [0.4, 0.5) is 5.69 Å². The van der Waals surface area contributed by atoms with Crippen LogP contribution in [0, 0.1) is 0 Å². The van der Waals surface area contributed by atoms with Crippen molar-refractivity contribution in [2.24, 2.45) is 0 Å². The summed E-state index contributed by atoms with van der Waals surface area (Å²) in [7, 11) is 0. The van der Waals surface area contributed by atoms with Gasteiger partial charge in [-0.05, 0) is 71.8 Å². The van der Waals surface area contributed by atoms with E-state index in [9.17, 15) is 4.79 Å². The van der Waals surface area contributed by atoms with Crippen molar-refractivity contribution in [1.82, 2.24) is 5.32 Å². The minimum absolute atomic E-state index is 0.179. The first-order valence-electron chi connectivity index (χ1n) is 9.39. The van der Waals surface area contributed by atoms with E-state index in [1.54, 1.807) is 18.2 Å². The fourth-order valence-corrected chi connectivity index (χ4v) is 3.05. The van der Waals surface area contributed by atoms with Gasteiger partial charge in [-0.15, -0.1) is 0 Å². The van der Waals surface area contributed by atoms with E-state index < -0.39 is 0 Å². The summed E-state index contributed by atoms with van der Waals surface area (Å²) in [4.78, 5) is 12.5. The number of nitrogens with one attached hydrogen (secondary N) is 2. The van der Waals surface area contributed by atoms with Gasteiger partial charge in [-0.2, -0.15) is 0 Å². The lowest BCUT2D eigenvalue weighted by atomic mass is 10.2. The molecule has 0 bridgehead atoms. The summed E-state index contributed by atoms with van der Waals surface area (Å²) in [5.74, 6) is 1.01. The van der Waals surface area contributed by atoms with Gasteiger partial charge in [-0.3, -0.25) is 10.1 Å². The van der Waals surface area contributed by atoms with Crippen LogP contribution in [-0.4, -0.2) is 37.4 Å². The third-order valence-corrected chi connectivity index (χ3v) is 4.53. The highest BCUT2D eigenvalue weighted by Gasteiger charge is 2.12. The Morgan fingerprint density at radius 3 is 2.52 bits per heavy atom. The Balaban J connectivity index is 1.95. The maximum Gasteiger partial charge on any atom is 0.257 e. The molecule has 0 radical (unpaired) electrons. The number of rotatable bonds is 10. The number of halogens is 1. The molecule has 0 aliphatic heterocycles. The Hall–Kier alpha value is -2.16. The van der Waals surface area contributed by atoms with Crippen LogP contribution in [0.3, 0.4) is 0 Å². The number of carbonyl (C=O) groups is 1. The van der Waals surface area contributed by atoms with E-state index in [0.717, 1.165) is 6.42 Å². The minimum Gasteiger partial charge on any atom is -0.492 e. The summed E-state index contributed by atoms with van der Waals surface area (Å²) < 4.78 is 17.3. The molecule has 6 nitrogen and oxygen atoms in total. The van der Waals surface area contributed by atoms with Gasteiger partial charge in [0, 0.05) is 12.2 Å². The van der Waals surface area contributed by atoms with Crippen LogP contribution >= 0.6 is 28.1 Å². The Morgan fingerprint density at radius 1 is 1.03 bits per heavy atom. The van der Waals surface area contributed by atoms with Gasteiger partial charge in [0.2, 0.25) is 0 Å². The first-order chi connectivity index (χ1) is 14.0. The smallest absolute Gasteiger partial charge is 0.257 e. The molecule has 2 aromatic carbocycles. The van der Waals surface area contributed by atoms with E-state index in [-0.39, 0.29) is 11.0 Å². The van der Waals surface area contributed by atoms with Crippen LogP contribution in [0.5, 0.6) is 11.5 Å². The van der Waals surface area contributed by atoms with Gasteiger partial charge in [0.05, 0.1) is 23.4 Å². The largest absolute Gasteiger partial charge is 0.492 e. The molecular formula is C21H25BrN2O4S. The van der Waals surface area contributed by atoms with Gasteiger partial charge >= 0.3 is 0 Å². The van der Waals surface area contributed by atoms with Gasteiger partial charge < -0.3 is 19.5 Å². The lowest BCUT2D eigenvalue weighted by molar-refractivity contribution is 0.0977. The third kappa shape index (κ3) is 7.64. The zero-order valence-electron chi connectivity index (χ0n) is 16.5. The van der Waals surface area contributed by atoms with Crippen LogP contribution in [-0.2, 0) is 4.74 Å². The van der Waals surface area contributed by atoms with E-state index in [2.05, 4.69) is 26.6 Å². The fraction of sp³-hybridized carbons (Fsp3) is 0.333. The van der Waals surface area contributed by atoms with E-state index >= 15 is 0 Å². The SMILES string of the molecule is CCCOc1ccc(C(=O)NC(=S)Nc2ccccc2OCCOCC)cc1Br. The number of ether oxygens (including phenoxy) is 3. The van der Waals surface area contributed by atoms with E-state index in [0.29, 0.717) is 53.7 Å². The van der Waals surface area contributed by atoms with Crippen molar-refractivity contribution >= 4 is 44.9 Å². The second kappa shape index (κ2) is 12.4. The van der Waals surface area contributed by atoms with Crippen molar-refractivity contribution in [2.45, 2.75) is 20.3 Å². The van der Waals surface area contributed by atoms with Gasteiger partial charge in [-0.1, -0.05) is 19.1 Å². The predicted octanol–water partition coefficient (Wildman–Crippen LogP) is 4.78. The van der Waals surface area contributed by atoms with Crippen LogP contribution < -0.4 is 20.1 Å². The Labute approximate surface area is 185 Å². The minimum atomic E-state index is -0.319. The molecule has 0 unspecified atom stereocenters. The Kier molecular flexibility index (Phi) is 9.90. The van der Waals surface area contributed by atoms with Gasteiger partial charge in [-0.25, -0.2) is 0 Å². The summed E-state index contributed by atoms with van der Waals surface area (Å²) >= 11 is 8.71. The van der Waals surface area contributed by atoms with Gasteiger partial charge in [0.15, 0.2) is 5.11 Å². The summed E-state index contributed by atoms with van der Waals surface area (Å²) in [6.07, 6.45) is 0.908. The molecule has 0 aromatic heterocycles. The second-order valence-electron chi connectivity index (χ2n) is 5.94. The molecular weight excluding hydrogens is 456 g/mol. The normalized spacial score (nSPS) is 10.3. The first-order valence-corrected chi connectivity index (χ1v) is 10.6. The molecule has 0 saturated heterocycles. The third-order valence-electron chi connectivity index (χ3n) is 3.71. The molecule has 0 atom stereocenters. The highest BCUT2D eigenvalue weighted by Crippen LogP contribution is 2.26. The molecule has 0 heterocycles. The van der Waals surface area contributed by atoms with E-state index in [1.807, 2.05) is 38.1 Å². The van der Waals surface area contributed by atoms with Crippen molar-refractivity contribution in [3.63, 3.8) is 0 Å². The molecule has 2 rings (SSSR count). The summed E-state index contributed by atoms with van der Waals surface area (Å²) in [5, 5.41) is 5.86. The molecule has 0 saturated carbocycles. The van der Waals surface area contributed by atoms with Crippen LogP contribution in [0.1, 0.15) is 30.6 Å². The van der Waals surface area contributed by atoms with Crippen molar-refractivity contribution in [1.29, 1.82) is 0 Å². The molecule has 29 heavy (non-hydrogen) atoms. The highest BCUT2D eigenvalue weighted by molar-refractivity contribution is 9.10. The summed E-state index contributed by atoms with van der Waals surface area (Å²) in [6, 6.07) is 12.5.